The Morgan fingerprint density at radius 3 is 2.40 bits per heavy atom. The number of aryl methyl sites for hydroxylation is 1. The second-order valence-corrected chi connectivity index (χ2v) is 8.15. The molecule has 1 saturated carbocycles. The fourth-order valence-electron chi connectivity index (χ4n) is 4.28. The molecule has 30 heavy (non-hydrogen) atoms. The quantitative estimate of drug-likeness (QED) is 0.589. The van der Waals surface area contributed by atoms with Gasteiger partial charge in [-0.1, -0.05) is 35.9 Å². The summed E-state index contributed by atoms with van der Waals surface area (Å²) in [6.07, 6.45) is 8.68. The predicted octanol–water partition coefficient (Wildman–Crippen LogP) is 5.20. The summed E-state index contributed by atoms with van der Waals surface area (Å²) in [4.78, 5) is 4.11. The van der Waals surface area contributed by atoms with Gasteiger partial charge in [-0.05, 0) is 73.6 Å². The summed E-state index contributed by atoms with van der Waals surface area (Å²) in [5.74, 6) is 1.39. The van der Waals surface area contributed by atoms with Crippen LogP contribution >= 0.6 is 0 Å². The number of ether oxygens (including phenoxy) is 2. The molecule has 0 saturated heterocycles. The molecule has 4 rings (SSSR count). The van der Waals surface area contributed by atoms with Crippen LogP contribution in [0, 0.1) is 6.92 Å². The van der Waals surface area contributed by atoms with Crippen LogP contribution in [0.5, 0.6) is 11.5 Å². The number of pyridine rings is 1. The average Bonchev–Trinajstić information content (AvgIpc) is 3.27. The molecule has 4 heteroatoms. The molecule has 1 unspecified atom stereocenters. The Bertz CT molecular complexity index is 983. The van der Waals surface area contributed by atoms with E-state index in [1.165, 1.54) is 12.8 Å². The van der Waals surface area contributed by atoms with Crippen molar-refractivity contribution >= 4 is 0 Å². The summed E-state index contributed by atoms with van der Waals surface area (Å²) in [5, 5.41) is 12.1. The average molecular weight is 404 g/mol. The maximum atomic E-state index is 12.1. The van der Waals surface area contributed by atoms with E-state index in [-0.39, 0.29) is 6.10 Å². The lowest BCUT2D eigenvalue weighted by Crippen LogP contribution is -2.30. The van der Waals surface area contributed by atoms with E-state index in [0.717, 1.165) is 35.1 Å². The third kappa shape index (κ3) is 4.34. The zero-order chi connectivity index (χ0) is 21.0. The summed E-state index contributed by atoms with van der Waals surface area (Å²) < 4.78 is 11.8. The molecule has 0 bridgehead atoms. The molecule has 1 atom stereocenters. The third-order valence-electron chi connectivity index (χ3n) is 5.94. The molecule has 1 aliphatic rings. The Morgan fingerprint density at radius 2 is 1.70 bits per heavy atom. The Hall–Kier alpha value is -2.85. The van der Waals surface area contributed by atoms with Crippen LogP contribution in [0.2, 0.25) is 0 Å². The van der Waals surface area contributed by atoms with Crippen LogP contribution in [0.15, 0.2) is 67.0 Å². The van der Waals surface area contributed by atoms with Gasteiger partial charge in [-0.3, -0.25) is 4.98 Å². The minimum absolute atomic E-state index is 0.210. The number of hydrogen-bond acceptors (Lipinski definition) is 4. The Balaban J connectivity index is 1.78. The van der Waals surface area contributed by atoms with Crippen LogP contribution in [-0.4, -0.2) is 23.3 Å². The lowest BCUT2D eigenvalue weighted by Gasteiger charge is -2.31. The number of aliphatic hydroxyl groups is 1. The van der Waals surface area contributed by atoms with E-state index in [9.17, 15) is 5.11 Å². The molecular weight excluding hydrogens is 374 g/mol. The molecule has 0 radical (unpaired) electrons. The standard InChI is InChI=1S/C26H29NO3/c1-19-6-5-7-21(16-19)26(28,18-20-12-14-27-15-13-20)22-10-11-24(29-2)25(17-22)30-23-8-3-4-9-23/h5-7,10-17,23,28H,3-4,8-9,18H2,1-2H3. The Kier molecular flexibility index (Phi) is 6.05. The minimum Gasteiger partial charge on any atom is -0.493 e. The van der Waals surface area contributed by atoms with Gasteiger partial charge >= 0.3 is 0 Å². The van der Waals surface area contributed by atoms with Gasteiger partial charge < -0.3 is 14.6 Å². The first-order valence-corrected chi connectivity index (χ1v) is 10.6. The number of rotatable bonds is 7. The second kappa shape index (κ2) is 8.88. The van der Waals surface area contributed by atoms with Gasteiger partial charge in [-0.2, -0.15) is 0 Å². The van der Waals surface area contributed by atoms with Crippen molar-refractivity contribution in [1.29, 1.82) is 0 Å². The Labute approximate surface area is 178 Å². The highest BCUT2D eigenvalue weighted by Gasteiger charge is 2.33. The van der Waals surface area contributed by atoms with E-state index in [2.05, 4.69) is 4.98 Å². The first-order chi connectivity index (χ1) is 14.6. The molecule has 4 nitrogen and oxygen atoms in total. The lowest BCUT2D eigenvalue weighted by molar-refractivity contribution is 0.0803. The van der Waals surface area contributed by atoms with Crippen molar-refractivity contribution < 1.29 is 14.6 Å². The highest BCUT2D eigenvalue weighted by atomic mass is 16.5. The zero-order valence-electron chi connectivity index (χ0n) is 17.7. The van der Waals surface area contributed by atoms with E-state index in [0.29, 0.717) is 17.9 Å². The first kappa shape index (κ1) is 20.4. The van der Waals surface area contributed by atoms with Crippen molar-refractivity contribution in [2.45, 2.75) is 50.7 Å². The maximum Gasteiger partial charge on any atom is 0.161 e. The fraction of sp³-hybridized carbons (Fsp3) is 0.346. The molecule has 156 valence electrons. The monoisotopic (exact) mass is 403 g/mol. The normalized spacial score (nSPS) is 16.2. The molecule has 1 N–H and O–H groups in total. The van der Waals surface area contributed by atoms with Crippen molar-refractivity contribution in [3.05, 3.63) is 89.2 Å². The molecule has 0 aliphatic heterocycles. The summed E-state index contributed by atoms with van der Waals surface area (Å²) in [7, 11) is 1.65. The van der Waals surface area contributed by atoms with Crippen LogP contribution in [0.1, 0.15) is 47.9 Å². The van der Waals surface area contributed by atoms with Gasteiger partial charge in [0.15, 0.2) is 11.5 Å². The number of hydrogen-bond donors (Lipinski definition) is 1. The molecule has 0 amide bonds. The maximum absolute atomic E-state index is 12.1. The molecule has 2 aromatic carbocycles. The molecule has 1 aromatic heterocycles. The number of nitrogens with zero attached hydrogens (tertiary/aromatic N) is 1. The highest BCUT2D eigenvalue weighted by Crippen LogP contribution is 2.39. The van der Waals surface area contributed by atoms with Gasteiger partial charge in [0.25, 0.3) is 0 Å². The zero-order valence-corrected chi connectivity index (χ0v) is 17.7. The lowest BCUT2D eigenvalue weighted by atomic mass is 9.81. The van der Waals surface area contributed by atoms with Gasteiger partial charge in [0, 0.05) is 18.8 Å². The van der Waals surface area contributed by atoms with Crippen molar-refractivity contribution in [3.63, 3.8) is 0 Å². The van der Waals surface area contributed by atoms with Gasteiger partial charge in [0.05, 0.1) is 13.2 Å². The van der Waals surface area contributed by atoms with Crippen LogP contribution in [0.4, 0.5) is 0 Å². The molecule has 1 fully saturated rings. The molecule has 1 aliphatic carbocycles. The third-order valence-corrected chi connectivity index (χ3v) is 5.94. The van der Waals surface area contributed by atoms with E-state index >= 15 is 0 Å². The van der Waals surface area contributed by atoms with Crippen LogP contribution < -0.4 is 9.47 Å². The first-order valence-electron chi connectivity index (χ1n) is 10.6. The smallest absolute Gasteiger partial charge is 0.161 e. The van der Waals surface area contributed by atoms with E-state index in [1.807, 2.05) is 61.5 Å². The van der Waals surface area contributed by atoms with E-state index in [4.69, 9.17) is 9.47 Å². The fourth-order valence-corrected chi connectivity index (χ4v) is 4.28. The van der Waals surface area contributed by atoms with Crippen LogP contribution in [-0.2, 0) is 12.0 Å². The molecular formula is C26H29NO3. The summed E-state index contributed by atoms with van der Waals surface area (Å²) in [6.45, 7) is 2.04. The van der Waals surface area contributed by atoms with Gasteiger partial charge in [0.1, 0.15) is 5.60 Å². The topological polar surface area (TPSA) is 51.6 Å². The predicted molar refractivity (Wildman–Crippen MR) is 118 cm³/mol. The van der Waals surface area contributed by atoms with Gasteiger partial charge in [-0.15, -0.1) is 0 Å². The second-order valence-electron chi connectivity index (χ2n) is 8.15. The molecule has 1 heterocycles. The van der Waals surface area contributed by atoms with Crippen molar-refractivity contribution in [2.24, 2.45) is 0 Å². The number of aromatic nitrogens is 1. The Morgan fingerprint density at radius 1 is 0.967 bits per heavy atom. The number of benzene rings is 2. The molecule has 3 aromatic rings. The van der Waals surface area contributed by atoms with Crippen molar-refractivity contribution in [3.8, 4) is 11.5 Å². The summed E-state index contributed by atoms with van der Waals surface area (Å²) >= 11 is 0. The van der Waals surface area contributed by atoms with Gasteiger partial charge in [-0.25, -0.2) is 0 Å². The van der Waals surface area contributed by atoms with Crippen LogP contribution in [0.25, 0.3) is 0 Å². The summed E-state index contributed by atoms with van der Waals surface area (Å²) in [6, 6.07) is 17.7. The largest absolute Gasteiger partial charge is 0.493 e. The highest BCUT2D eigenvalue weighted by molar-refractivity contribution is 5.49. The van der Waals surface area contributed by atoms with Crippen molar-refractivity contribution in [1.82, 2.24) is 4.98 Å². The van der Waals surface area contributed by atoms with Crippen molar-refractivity contribution in [2.75, 3.05) is 7.11 Å². The minimum atomic E-state index is -1.20. The molecule has 0 spiro atoms. The summed E-state index contributed by atoms with van der Waals surface area (Å²) in [5.41, 5.74) is 2.57. The number of methoxy groups -OCH3 is 1. The van der Waals surface area contributed by atoms with E-state index in [1.54, 1.807) is 19.5 Å². The van der Waals surface area contributed by atoms with Crippen LogP contribution in [0.3, 0.4) is 0 Å². The van der Waals surface area contributed by atoms with Gasteiger partial charge in [0.2, 0.25) is 0 Å². The SMILES string of the molecule is COc1ccc(C(O)(Cc2ccncc2)c2cccc(C)c2)cc1OC1CCCC1. The van der Waals surface area contributed by atoms with E-state index < -0.39 is 5.60 Å².